The lowest BCUT2D eigenvalue weighted by Crippen LogP contribution is -2.24. The quantitative estimate of drug-likeness (QED) is 0.607. The van der Waals surface area contributed by atoms with Crippen LogP contribution in [0.4, 0.5) is 0 Å². The molecule has 1 aromatic heterocycles. The van der Waals surface area contributed by atoms with Gasteiger partial charge in [-0.2, -0.15) is 0 Å². The second kappa shape index (κ2) is 5.87. The van der Waals surface area contributed by atoms with Crippen LogP contribution in [0.2, 0.25) is 0 Å². The first-order chi connectivity index (χ1) is 7.91. The zero-order valence-electron chi connectivity index (χ0n) is 10.7. The summed E-state index contributed by atoms with van der Waals surface area (Å²) in [6, 6.07) is 1.73. The highest BCUT2D eigenvalue weighted by Gasteiger charge is 2.31. The van der Waals surface area contributed by atoms with Crippen molar-refractivity contribution in [3.05, 3.63) is 18.5 Å². The summed E-state index contributed by atoms with van der Waals surface area (Å²) in [5.41, 5.74) is 0. The number of hydrogen-bond acceptors (Lipinski definition) is 4. The van der Waals surface area contributed by atoms with Crippen LogP contribution in [-0.2, 0) is 4.57 Å². The summed E-state index contributed by atoms with van der Waals surface area (Å²) in [7, 11) is 3.95. The van der Waals surface area contributed by atoms with E-state index in [0.29, 0.717) is 5.75 Å². The Bertz CT molecular complexity index is 414. The summed E-state index contributed by atoms with van der Waals surface area (Å²) in [5.74, 6) is 0.596. The number of pyridine rings is 1. The highest BCUT2D eigenvalue weighted by molar-refractivity contribution is 7.98. The van der Waals surface area contributed by atoms with Crippen LogP contribution in [0.15, 0.2) is 23.4 Å². The third-order valence-electron chi connectivity index (χ3n) is 2.19. The van der Waals surface area contributed by atoms with Crippen molar-refractivity contribution in [1.29, 1.82) is 0 Å². The molecule has 0 aliphatic heterocycles. The molecule has 0 saturated carbocycles. The largest absolute Gasteiger partial charge is 0.420 e. The number of rotatable bonds is 5. The van der Waals surface area contributed by atoms with E-state index in [9.17, 15) is 4.57 Å². The maximum atomic E-state index is 12.7. The molecule has 0 atom stereocenters. The molecule has 0 fully saturated rings. The van der Waals surface area contributed by atoms with Gasteiger partial charge < -0.3 is 4.52 Å². The minimum atomic E-state index is -3.00. The van der Waals surface area contributed by atoms with Crippen molar-refractivity contribution in [2.45, 2.75) is 4.90 Å². The lowest BCUT2D eigenvalue weighted by molar-refractivity contribution is 0.350. The van der Waals surface area contributed by atoms with Crippen LogP contribution >= 0.6 is 19.4 Å². The predicted molar refractivity (Wildman–Crippen MR) is 71.6 cm³/mol. The normalized spacial score (nSPS) is 12.2. The number of thioether (sulfide) groups is 1. The van der Waals surface area contributed by atoms with Gasteiger partial charge in [-0.15, -0.1) is 11.8 Å². The number of hydrogen-bond donors (Lipinski definition) is 0. The van der Waals surface area contributed by atoms with Gasteiger partial charge >= 0.3 is 7.67 Å². The van der Waals surface area contributed by atoms with Crippen molar-refractivity contribution >= 4 is 19.4 Å². The molecule has 0 N–H and O–H groups in total. The molecule has 0 aliphatic carbocycles. The van der Waals surface area contributed by atoms with E-state index in [2.05, 4.69) is 4.98 Å². The van der Waals surface area contributed by atoms with E-state index in [4.69, 9.17) is 4.52 Å². The number of nitrogens with zero attached hydrogens (tertiary/aromatic N) is 3. The minimum Gasteiger partial charge on any atom is -0.420 e. The molecule has 0 radical (unpaired) electrons. The lowest BCUT2D eigenvalue weighted by atomic mass is 10.5. The van der Waals surface area contributed by atoms with Gasteiger partial charge in [0.2, 0.25) is 0 Å². The Kier molecular flexibility index (Phi) is 5.01. The van der Waals surface area contributed by atoms with Gasteiger partial charge in [0, 0.05) is 18.5 Å². The maximum absolute atomic E-state index is 12.7. The molecular weight excluding hydrogens is 257 g/mol. The first-order valence-electron chi connectivity index (χ1n) is 5.05. The van der Waals surface area contributed by atoms with Crippen molar-refractivity contribution in [2.24, 2.45) is 0 Å². The SMILES string of the molecule is CSc1cnccc1OP(=O)(N(C)C)N(C)C. The Balaban J connectivity index is 3.07. The zero-order chi connectivity index (χ0) is 13.1. The van der Waals surface area contributed by atoms with Gasteiger partial charge in [-0.25, -0.2) is 13.9 Å². The van der Waals surface area contributed by atoms with Gasteiger partial charge in [0.15, 0.2) is 0 Å². The molecule has 0 aliphatic rings. The molecular formula is C10H18N3O2PS. The monoisotopic (exact) mass is 275 g/mol. The molecule has 0 spiro atoms. The first kappa shape index (κ1) is 14.5. The predicted octanol–water partition coefficient (Wildman–Crippen LogP) is 2.41. The van der Waals surface area contributed by atoms with E-state index < -0.39 is 7.67 Å². The van der Waals surface area contributed by atoms with Gasteiger partial charge in [-0.05, 0) is 34.4 Å². The minimum absolute atomic E-state index is 0.596. The van der Waals surface area contributed by atoms with E-state index in [1.807, 2.05) is 6.26 Å². The molecule has 5 nitrogen and oxygen atoms in total. The average molecular weight is 275 g/mol. The Labute approximate surface area is 107 Å². The van der Waals surface area contributed by atoms with Crippen molar-refractivity contribution < 1.29 is 9.09 Å². The van der Waals surface area contributed by atoms with Crippen LogP contribution in [0.3, 0.4) is 0 Å². The van der Waals surface area contributed by atoms with Gasteiger partial charge in [0.05, 0.1) is 4.90 Å². The molecule has 0 unspecified atom stereocenters. The van der Waals surface area contributed by atoms with Gasteiger partial charge in [0.1, 0.15) is 5.75 Å². The Hall–Kier alpha value is -0.550. The van der Waals surface area contributed by atoms with Crippen molar-refractivity contribution in [3.63, 3.8) is 0 Å². The third kappa shape index (κ3) is 3.22. The first-order valence-corrected chi connectivity index (χ1v) is 7.80. The van der Waals surface area contributed by atoms with Crippen LogP contribution in [0, 0.1) is 0 Å². The Morgan fingerprint density at radius 2 is 1.88 bits per heavy atom. The molecule has 1 rings (SSSR count). The molecule has 7 heteroatoms. The molecule has 96 valence electrons. The van der Waals surface area contributed by atoms with Crippen LogP contribution in [-0.4, -0.2) is 48.8 Å². The second-order valence-corrected chi connectivity index (χ2v) is 7.41. The average Bonchev–Trinajstić information content (AvgIpc) is 2.29. The fourth-order valence-corrected chi connectivity index (χ4v) is 3.24. The molecule has 1 aromatic rings. The van der Waals surface area contributed by atoms with E-state index >= 15 is 0 Å². The highest BCUT2D eigenvalue weighted by Crippen LogP contribution is 2.51. The Morgan fingerprint density at radius 1 is 1.29 bits per heavy atom. The number of aromatic nitrogens is 1. The summed E-state index contributed by atoms with van der Waals surface area (Å²) < 4.78 is 21.5. The van der Waals surface area contributed by atoms with Crippen LogP contribution in [0.5, 0.6) is 5.75 Å². The summed E-state index contributed by atoms with van der Waals surface area (Å²) >= 11 is 1.51. The van der Waals surface area contributed by atoms with Crippen molar-refractivity contribution in [1.82, 2.24) is 14.3 Å². The summed E-state index contributed by atoms with van der Waals surface area (Å²) in [6.07, 6.45) is 5.26. The van der Waals surface area contributed by atoms with Crippen molar-refractivity contribution in [3.8, 4) is 5.75 Å². The van der Waals surface area contributed by atoms with Crippen LogP contribution in [0.25, 0.3) is 0 Å². The molecule has 0 aromatic carbocycles. The molecule has 0 bridgehead atoms. The van der Waals surface area contributed by atoms with E-state index in [0.717, 1.165) is 4.90 Å². The molecule has 0 amide bonds. The third-order valence-corrected chi connectivity index (χ3v) is 5.40. The van der Waals surface area contributed by atoms with Gasteiger partial charge in [-0.3, -0.25) is 4.98 Å². The fourth-order valence-electron chi connectivity index (χ4n) is 1.25. The van der Waals surface area contributed by atoms with Crippen molar-refractivity contribution in [2.75, 3.05) is 34.4 Å². The van der Waals surface area contributed by atoms with E-state index in [1.165, 1.54) is 11.8 Å². The van der Waals surface area contributed by atoms with E-state index in [1.54, 1.807) is 56.0 Å². The maximum Gasteiger partial charge on any atom is 0.394 e. The second-order valence-electron chi connectivity index (χ2n) is 3.80. The lowest BCUT2D eigenvalue weighted by Gasteiger charge is -2.30. The van der Waals surface area contributed by atoms with Gasteiger partial charge in [-0.1, -0.05) is 0 Å². The zero-order valence-corrected chi connectivity index (χ0v) is 12.5. The molecule has 1 heterocycles. The van der Waals surface area contributed by atoms with Crippen LogP contribution in [0.1, 0.15) is 0 Å². The summed E-state index contributed by atoms with van der Waals surface area (Å²) in [4.78, 5) is 4.89. The van der Waals surface area contributed by atoms with Gasteiger partial charge in [0.25, 0.3) is 0 Å². The molecule has 0 saturated heterocycles. The highest BCUT2D eigenvalue weighted by atomic mass is 32.2. The molecule has 17 heavy (non-hydrogen) atoms. The smallest absolute Gasteiger partial charge is 0.394 e. The summed E-state index contributed by atoms with van der Waals surface area (Å²) in [5, 5.41) is 0. The standard InChI is InChI=1S/C10H18N3O2PS/c1-12(2)16(14,13(3)4)15-9-6-7-11-8-10(9)17-5/h6-8H,1-5H3. The van der Waals surface area contributed by atoms with Crippen LogP contribution < -0.4 is 4.52 Å². The van der Waals surface area contributed by atoms with E-state index in [-0.39, 0.29) is 0 Å². The Morgan fingerprint density at radius 3 is 2.35 bits per heavy atom. The summed E-state index contributed by atoms with van der Waals surface area (Å²) in [6.45, 7) is 0. The fraction of sp³-hybridized carbons (Fsp3) is 0.500. The topological polar surface area (TPSA) is 45.7 Å².